The van der Waals surface area contributed by atoms with Crippen molar-refractivity contribution in [2.75, 3.05) is 26.7 Å². The highest BCUT2D eigenvalue weighted by atomic mass is 16.1. The van der Waals surface area contributed by atoms with Crippen LogP contribution in [-0.4, -0.2) is 54.3 Å². The lowest BCUT2D eigenvalue weighted by atomic mass is 10.0. The van der Waals surface area contributed by atoms with Gasteiger partial charge < -0.3 is 0 Å². The number of aryl methyl sites for hydroxylation is 2. The molecule has 114 valence electrons. The molecule has 0 N–H and O–H groups in total. The molecule has 1 aromatic carbocycles. The molecule has 3 heteroatoms. The Balaban J connectivity index is 1.66. The van der Waals surface area contributed by atoms with Gasteiger partial charge in [0.1, 0.15) is 0 Å². The minimum atomic E-state index is 0.263. The predicted octanol–water partition coefficient (Wildman–Crippen LogP) is 2.65. The van der Waals surface area contributed by atoms with Gasteiger partial charge in [0, 0.05) is 30.7 Å². The summed E-state index contributed by atoms with van der Waals surface area (Å²) in [6.45, 7) is 6.84. The van der Waals surface area contributed by atoms with Crippen LogP contribution in [0.25, 0.3) is 0 Å². The summed E-state index contributed by atoms with van der Waals surface area (Å²) in [5, 5.41) is 0. The molecule has 0 aromatic heterocycles. The Morgan fingerprint density at radius 2 is 1.90 bits per heavy atom. The maximum absolute atomic E-state index is 12.5. The number of likely N-dealkylation sites (N-methyl/N-ethyl adjacent to an activating group) is 1. The van der Waals surface area contributed by atoms with Gasteiger partial charge in [-0.15, -0.1) is 0 Å². The predicted molar refractivity (Wildman–Crippen MR) is 85.9 cm³/mol. The van der Waals surface area contributed by atoms with Gasteiger partial charge in [-0.1, -0.05) is 12.1 Å². The van der Waals surface area contributed by atoms with E-state index in [1.807, 2.05) is 12.1 Å². The Kier molecular flexibility index (Phi) is 4.14. The molecule has 0 spiro atoms. The van der Waals surface area contributed by atoms with Crippen molar-refractivity contribution >= 4 is 5.78 Å². The second-order valence-electron chi connectivity index (χ2n) is 6.80. The molecule has 1 aromatic rings. The highest BCUT2D eigenvalue weighted by Crippen LogP contribution is 2.28. The average molecular weight is 286 g/mol. The molecule has 2 aliphatic heterocycles. The molecule has 0 radical (unpaired) electrons. The third kappa shape index (κ3) is 3.04. The number of ketones is 1. The number of carbonyl (C=O) groups is 1. The normalized spacial score (nSPS) is 26.8. The summed E-state index contributed by atoms with van der Waals surface area (Å²) in [6, 6.07) is 7.44. The number of benzene rings is 1. The van der Waals surface area contributed by atoms with Gasteiger partial charge in [-0.2, -0.15) is 0 Å². The van der Waals surface area contributed by atoms with Crippen LogP contribution in [0.1, 0.15) is 40.7 Å². The van der Waals surface area contributed by atoms with Crippen LogP contribution >= 0.6 is 0 Å². The van der Waals surface area contributed by atoms with Crippen molar-refractivity contribution in [1.82, 2.24) is 9.80 Å². The maximum Gasteiger partial charge on any atom is 0.176 e. The molecule has 0 aliphatic carbocycles. The monoisotopic (exact) mass is 286 g/mol. The summed E-state index contributed by atoms with van der Waals surface area (Å²) in [5.41, 5.74) is 3.32. The number of fused-ring (bicyclic) bond motifs is 2. The molecule has 2 atom stereocenters. The Bertz CT molecular complexity index is 540. The topological polar surface area (TPSA) is 23.6 Å². The fourth-order valence-corrected chi connectivity index (χ4v) is 3.73. The lowest BCUT2D eigenvalue weighted by Gasteiger charge is -2.25. The zero-order valence-electron chi connectivity index (χ0n) is 13.4. The molecule has 2 fully saturated rings. The molecule has 2 aliphatic rings. The minimum absolute atomic E-state index is 0.263. The highest BCUT2D eigenvalue weighted by molar-refractivity contribution is 5.97. The van der Waals surface area contributed by atoms with Gasteiger partial charge in [-0.25, -0.2) is 0 Å². The number of likely N-dealkylation sites (tertiary alicyclic amines) is 1. The van der Waals surface area contributed by atoms with E-state index in [0.29, 0.717) is 12.6 Å². The first kappa shape index (κ1) is 14.7. The number of Topliss-reactive ketones (excluding diaryl/α,β-unsaturated/α-hetero) is 1. The van der Waals surface area contributed by atoms with Crippen molar-refractivity contribution in [2.45, 2.75) is 45.2 Å². The quantitative estimate of drug-likeness (QED) is 0.798. The molecule has 2 unspecified atom stereocenters. The van der Waals surface area contributed by atoms with E-state index in [1.165, 1.54) is 30.4 Å². The van der Waals surface area contributed by atoms with Crippen LogP contribution in [0.3, 0.4) is 0 Å². The van der Waals surface area contributed by atoms with Crippen LogP contribution in [0, 0.1) is 13.8 Å². The van der Waals surface area contributed by atoms with Crippen LogP contribution in [0.5, 0.6) is 0 Å². The van der Waals surface area contributed by atoms with Crippen molar-refractivity contribution in [3.8, 4) is 0 Å². The first-order valence-electron chi connectivity index (χ1n) is 8.09. The summed E-state index contributed by atoms with van der Waals surface area (Å²) < 4.78 is 0. The third-order valence-electron chi connectivity index (χ3n) is 5.43. The number of hydrogen-bond donors (Lipinski definition) is 0. The van der Waals surface area contributed by atoms with E-state index in [4.69, 9.17) is 0 Å². The number of hydrogen-bond acceptors (Lipinski definition) is 3. The van der Waals surface area contributed by atoms with Gasteiger partial charge in [-0.05, 0) is 57.4 Å². The molecule has 0 amide bonds. The van der Waals surface area contributed by atoms with Crippen molar-refractivity contribution in [3.63, 3.8) is 0 Å². The van der Waals surface area contributed by atoms with E-state index in [9.17, 15) is 4.79 Å². The standard InChI is InChI=1S/C18H26N2O/c1-13-4-5-15(10-14(13)2)18(21)12-20-9-8-16-6-7-17(11-20)19(16)3/h4-5,10,16-17H,6-9,11-12H2,1-3H3. The van der Waals surface area contributed by atoms with Crippen LogP contribution in [0.4, 0.5) is 0 Å². The smallest absolute Gasteiger partial charge is 0.176 e. The molecule has 3 rings (SSSR count). The van der Waals surface area contributed by atoms with E-state index >= 15 is 0 Å². The van der Waals surface area contributed by atoms with E-state index in [2.05, 4.69) is 36.8 Å². The summed E-state index contributed by atoms with van der Waals surface area (Å²) in [6.07, 6.45) is 3.82. The minimum Gasteiger partial charge on any atom is -0.299 e. The third-order valence-corrected chi connectivity index (χ3v) is 5.43. The van der Waals surface area contributed by atoms with Crippen molar-refractivity contribution in [3.05, 3.63) is 34.9 Å². The van der Waals surface area contributed by atoms with Crippen LogP contribution in [0.15, 0.2) is 18.2 Å². The van der Waals surface area contributed by atoms with Crippen LogP contribution in [0.2, 0.25) is 0 Å². The summed E-state index contributed by atoms with van der Waals surface area (Å²) in [4.78, 5) is 17.4. The van der Waals surface area contributed by atoms with Gasteiger partial charge in [0.05, 0.1) is 6.54 Å². The van der Waals surface area contributed by atoms with Gasteiger partial charge >= 0.3 is 0 Å². The first-order valence-corrected chi connectivity index (χ1v) is 8.09. The lowest BCUT2D eigenvalue weighted by molar-refractivity contribution is 0.0923. The molecule has 2 bridgehead atoms. The second kappa shape index (κ2) is 5.90. The Morgan fingerprint density at radius 3 is 2.67 bits per heavy atom. The largest absolute Gasteiger partial charge is 0.299 e. The molecule has 2 saturated heterocycles. The Hall–Kier alpha value is -1.19. The average Bonchev–Trinajstić information content (AvgIpc) is 2.70. The number of nitrogens with zero attached hydrogens (tertiary/aromatic N) is 2. The van der Waals surface area contributed by atoms with Gasteiger partial charge in [-0.3, -0.25) is 14.6 Å². The first-order chi connectivity index (χ1) is 10.0. The van der Waals surface area contributed by atoms with Gasteiger partial charge in [0.2, 0.25) is 0 Å². The summed E-state index contributed by atoms with van der Waals surface area (Å²) in [5.74, 6) is 0.263. The highest BCUT2D eigenvalue weighted by Gasteiger charge is 2.34. The van der Waals surface area contributed by atoms with E-state index in [0.717, 1.165) is 24.7 Å². The van der Waals surface area contributed by atoms with E-state index in [-0.39, 0.29) is 5.78 Å². The molecular weight excluding hydrogens is 260 g/mol. The zero-order valence-corrected chi connectivity index (χ0v) is 13.4. The fourth-order valence-electron chi connectivity index (χ4n) is 3.73. The molecule has 3 nitrogen and oxygen atoms in total. The van der Waals surface area contributed by atoms with Gasteiger partial charge in [0.15, 0.2) is 5.78 Å². The molecule has 2 heterocycles. The Labute approximate surface area is 127 Å². The van der Waals surface area contributed by atoms with Crippen molar-refractivity contribution in [1.29, 1.82) is 0 Å². The molecule has 21 heavy (non-hydrogen) atoms. The Morgan fingerprint density at radius 1 is 1.14 bits per heavy atom. The number of carbonyl (C=O) groups excluding carboxylic acids is 1. The van der Waals surface area contributed by atoms with Crippen molar-refractivity contribution < 1.29 is 4.79 Å². The molecule has 0 saturated carbocycles. The lowest BCUT2D eigenvalue weighted by Crippen LogP contribution is -2.38. The van der Waals surface area contributed by atoms with Crippen LogP contribution < -0.4 is 0 Å². The number of rotatable bonds is 3. The maximum atomic E-state index is 12.5. The van der Waals surface area contributed by atoms with E-state index < -0.39 is 0 Å². The van der Waals surface area contributed by atoms with Crippen molar-refractivity contribution in [2.24, 2.45) is 0 Å². The van der Waals surface area contributed by atoms with Gasteiger partial charge in [0.25, 0.3) is 0 Å². The summed E-state index contributed by atoms with van der Waals surface area (Å²) in [7, 11) is 2.25. The summed E-state index contributed by atoms with van der Waals surface area (Å²) >= 11 is 0. The van der Waals surface area contributed by atoms with Crippen LogP contribution in [-0.2, 0) is 0 Å². The zero-order chi connectivity index (χ0) is 15.0. The fraction of sp³-hybridized carbons (Fsp3) is 0.611. The second-order valence-corrected chi connectivity index (χ2v) is 6.80. The van der Waals surface area contributed by atoms with E-state index in [1.54, 1.807) is 0 Å². The SMILES string of the molecule is Cc1ccc(C(=O)CN2CCC3CCC(C2)N3C)cc1C. The molecular formula is C18H26N2O.